The summed E-state index contributed by atoms with van der Waals surface area (Å²) in [7, 11) is 0. The van der Waals surface area contributed by atoms with E-state index in [-0.39, 0.29) is 16.7 Å². The second-order valence-electron chi connectivity index (χ2n) is 6.32. The quantitative estimate of drug-likeness (QED) is 0.465. The van der Waals surface area contributed by atoms with E-state index in [9.17, 15) is 9.59 Å². The van der Waals surface area contributed by atoms with Crippen LogP contribution in [0.25, 0.3) is 0 Å². The Hall–Kier alpha value is -1.44. The molecule has 5 nitrogen and oxygen atoms in total. The van der Waals surface area contributed by atoms with Crippen LogP contribution in [0.3, 0.4) is 0 Å². The number of hydrogen-bond donors (Lipinski definition) is 2. The lowest BCUT2D eigenvalue weighted by atomic mass is 10.2. The second-order valence-corrected chi connectivity index (χ2v) is 9.48. The molecule has 2 rings (SSSR count). The first kappa shape index (κ1) is 21.9. The zero-order valence-electron chi connectivity index (χ0n) is 15.8. The van der Waals surface area contributed by atoms with Crippen molar-refractivity contribution in [1.29, 1.82) is 0 Å². The number of hydrogen-bond acceptors (Lipinski definition) is 5. The average molecular weight is 426 g/mol. The van der Waals surface area contributed by atoms with E-state index in [1.165, 1.54) is 17.8 Å². The average Bonchev–Trinajstić information content (AvgIpc) is 2.61. The number of aromatic nitrogens is 2. The maximum absolute atomic E-state index is 12.7. The summed E-state index contributed by atoms with van der Waals surface area (Å²) in [6.07, 6.45) is 0.602. The molecule has 0 aliphatic rings. The molecule has 0 bridgehead atoms. The summed E-state index contributed by atoms with van der Waals surface area (Å²) in [4.78, 5) is 31.9. The number of benzene rings is 1. The Morgan fingerprint density at radius 2 is 2.11 bits per heavy atom. The van der Waals surface area contributed by atoms with Crippen LogP contribution < -0.4 is 10.9 Å². The Kier molecular flexibility index (Phi) is 8.26. The molecule has 1 amide bonds. The molecule has 1 atom stereocenters. The Labute approximate surface area is 173 Å². The largest absolute Gasteiger partial charge is 0.325 e. The summed E-state index contributed by atoms with van der Waals surface area (Å²) in [6, 6.07) is 6.91. The normalized spacial score (nSPS) is 12.2. The molecule has 2 aromatic rings. The zero-order valence-corrected chi connectivity index (χ0v) is 18.2. The van der Waals surface area contributed by atoms with Crippen molar-refractivity contribution < 1.29 is 4.79 Å². The third-order valence-corrected chi connectivity index (χ3v) is 6.57. The fourth-order valence-electron chi connectivity index (χ4n) is 2.28. The smallest absolute Gasteiger partial charge is 0.251 e. The number of aromatic amines is 1. The summed E-state index contributed by atoms with van der Waals surface area (Å²) < 4.78 is 0. The van der Waals surface area contributed by atoms with Gasteiger partial charge in [0.05, 0.1) is 10.9 Å². The monoisotopic (exact) mass is 425 g/mol. The van der Waals surface area contributed by atoms with Crippen LogP contribution in [0, 0.1) is 6.92 Å². The summed E-state index contributed by atoms with van der Waals surface area (Å²) >= 11 is 9.11. The lowest BCUT2D eigenvalue weighted by Gasteiger charge is -2.16. The number of carbonyl (C=O) groups is 1. The molecule has 0 radical (unpaired) electrons. The van der Waals surface area contributed by atoms with E-state index in [1.807, 2.05) is 19.9 Å². The van der Waals surface area contributed by atoms with Gasteiger partial charge in [0.25, 0.3) is 5.56 Å². The lowest BCUT2D eigenvalue weighted by molar-refractivity contribution is -0.115. The summed E-state index contributed by atoms with van der Waals surface area (Å²) in [5, 5.41) is 4.07. The molecule has 1 unspecified atom stereocenters. The number of H-pyrrole nitrogens is 1. The van der Waals surface area contributed by atoms with Crippen LogP contribution in [-0.2, 0) is 10.5 Å². The third-order valence-electron chi connectivity index (χ3n) is 3.78. The number of amides is 1. The maximum atomic E-state index is 12.7. The van der Waals surface area contributed by atoms with Crippen LogP contribution in [-0.4, -0.2) is 26.4 Å². The van der Waals surface area contributed by atoms with E-state index in [2.05, 4.69) is 29.1 Å². The molecular weight excluding hydrogens is 402 g/mol. The topological polar surface area (TPSA) is 74.8 Å². The van der Waals surface area contributed by atoms with Gasteiger partial charge in [-0.1, -0.05) is 50.2 Å². The first-order valence-corrected chi connectivity index (χ1v) is 11.0. The standard InChI is InChI=1S/C19H24ClN3O2S2/c1-5-16(18(25)22-15-8-6-7-14(20)12(15)4)27-19-21-13(9-17(24)23-19)10-26-11(2)3/h6-9,11,16H,5,10H2,1-4H3,(H,22,25)(H,21,23,24). The number of anilines is 1. The number of carbonyl (C=O) groups excluding carboxylic acids is 1. The van der Waals surface area contributed by atoms with E-state index >= 15 is 0 Å². The lowest BCUT2D eigenvalue weighted by Crippen LogP contribution is -2.25. The van der Waals surface area contributed by atoms with E-state index in [0.717, 1.165) is 11.3 Å². The Balaban J connectivity index is 2.12. The molecular formula is C19H24ClN3O2S2. The number of nitrogens with one attached hydrogen (secondary N) is 2. The Morgan fingerprint density at radius 3 is 2.78 bits per heavy atom. The molecule has 1 heterocycles. The van der Waals surface area contributed by atoms with Gasteiger partial charge < -0.3 is 10.3 Å². The van der Waals surface area contributed by atoms with Crippen molar-refractivity contribution in [3.63, 3.8) is 0 Å². The van der Waals surface area contributed by atoms with Gasteiger partial charge >= 0.3 is 0 Å². The van der Waals surface area contributed by atoms with Gasteiger partial charge in [-0.15, -0.1) is 0 Å². The highest BCUT2D eigenvalue weighted by Gasteiger charge is 2.20. The molecule has 0 saturated carbocycles. The summed E-state index contributed by atoms with van der Waals surface area (Å²) in [5.74, 6) is 0.525. The molecule has 2 N–H and O–H groups in total. The summed E-state index contributed by atoms with van der Waals surface area (Å²) in [5.41, 5.74) is 2.04. The van der Waals surface area contributed by atoms with E-state index in [4.69, 9.17) is 11.6 Å². The van der Waals surface area contributed by atoms with E-state index < -0.39 is 0 Å². The molecule has 1 aromatic heterocycles. The molecule has 27 heavy (non-hydrogen) atoms. The zero-order chi connectivity index (χ0) is 20.0. The number of halogens is 1. The third kappa shape index (κ3) is 6.59. The number of rotatable bonds is 8. The first-order chi connectivity index (χ1) is 12.8. The van der Waals surface area contributed by atoms with Crippen molar-refractivity contribution in [2.24, 2.45) is 0 Å². The van der Waals surface area contributed by atoms with Crippen molar-refractivity contribution in [2.45, 2.75) is 55.5 Å². The highest BCUT2D eigenvalue weighted by Crippen LogP contribution is 2.27. The van der Waals surface area contributed by atoms with Gasteiger partial charge in [0.2, 0.25) is 5.91 Å². The van der Waals surface area contributed by atoms with Crippen LogP contribution in [0.15, 0.2) is 34.2 Å². The maximum Gasteiger partial charge on any atom is 0.251 e. The Bertz CT molecular complexity index is 855. The van der Waals surface area contributed by atoms with Gasteiger partial charge in [0, 0.05) is 22.5 Å². The van der Waals surface area contributed by atoms with Crippen LogP contribution in [0.1, 0.15) is 38.4 Å². The second kappa shape index (κ2) is 10.2. The fraction of sp³-hybridized carbons (Fsp3) is 0.421. The van der Waals surface area contributed by atoms with Gasteiger partial charge in [-0.25, -0.2) is 4.98 Å². The molecule has 0 aliphatic heterocycles. The molecule has 0 fully saturated rings. The molecule has 8 heteroatoms. The van der Waals surface area contributed by atoms with Crippen LogP contribution in [0.5, 0.6) is 0 Å². The SMILES string of the molecule is CCC(Sc1nc(CSC(C)C)cc(=O)[nH]1)C(=O)Nc1cccc(Cl)c1C. The van der Waals surface area contributed by atoms with Crippen molar-refractivity contribution in [3.05, 3.63) is 50.9 Å². The van der Waals surface area contributed by atoms with Crippen molar-refractivity contribution >= 4 is 46.7 Å². The molecule has 0 aliphatic carbocycles. The van der Waals surface area contributed by atoms with Gasteiger partial charge in [-0.3, -0.25) is 9.59 Å². The minimum absolute atomic E-state index is 0.141. The predicted molar refractivity (Wildman–Crippen MR) is 116 cm³/mol. The van der Waals surface area contributed by atoms with Crippen LogP contribution >= 0.6 is 35.1 Å². The number of thioether (sulfide) groups is 2. The highest BCUT2D eigenvalue weighted by molar-refractivity contribution is 8.00. The molecule has 146 valence electrons. The van der Waals surface area contributed by atoms with Gasteiger partial charge in [-0.2, -0.15) is 11.8 Å². The highest BCUT2D eigenvalue weighted by atomic mass is 35.5. The minimum Gasteiger partial charge on any atom is -0.325 e. The van der Waals surface area contributed by atoms with E-state index in [1.54, 1.807) is 23.9 Å². The van der Waals surface area contributed by atoms with Gasteiger partial charge in [-0.05, 0) is 36.3 Å². The minimum atomic E-state index is -0.375. The van der Waals surface area contributed by atoms with Gasteiger partial charge in [0.1, 0.15) is 0 Å². The van der Waals surface area contributed by atoms with Crippen LogP contribution in [0.4, 0.5) is 5.69 Å². The molecule has 0 saturated heterocycles. The predicted octanol–water partition coefficient (Wildman–Crippen LogP) is 4.88. The van der Waals surface area contributed by atoms with Crippen molar-refractivity contribution in [1.82, 2.24) is 9.97 Å². The van der Waals surface area contributed by atoms with Crippen LogP contribution in [0.2, 0.25) is 5.02 Å². The molecule has 1 aromatic carbocycles. The summed E-state index contributed by atoms with van der Waals surface area (Å²) in [6.45, 7) is 7.99. The van der Waals surface area contributed by atoms with Crippen molar-refractivity contribution in [2.75, 3.05) is 5.32 Å². The number of nitrogens with zero attached hydrogens (tertiary/aromatic N) is 1. The van der Waals surface area contributed by atoms with Crippen molar-refractivity contribution in [3.8, 4) is 0 Å². The fourth-order valence-corrected chi connectivity index (χ4v) is 4.04. The van der Waals surface area contributed by atoms with Gasteiger partial charge in [0.15, 0.2) is 5.16 Å². The Morgan fingerprint density at radius 1 is 1.37 bits per heavy atom. The molecule has 0 spiro atoms. The first-order valence-electron chi connectivity index (χ1n) is 8.74. The van der Waals surface area contributed by atoms with E-state index in [0.29, 0.717) is 33.3 Å².